The first-order valence-electron chi connectivity index (χ1n) is 4.23. The molecule has 1 aromatic rings. The van der Waals surface area contributed by atoms with Crippen molar-refractivity contribution in [2.24, 2.45) is 0 Å². The minimum absolute atomic E-state index is 0.184. The SMILES string of the molecule is O=C1NC(=O)N(CCc2nccs2)C1=O. The molecule has 1 N–H and O–H groups in total. The van der Waals surface area contributed by atoms with Crippen molar-refractivity contribution in [3.63, 3.8) is 0 Å². The molecule has 1 aliphatic rings. The molecule has 6 nitrogen and oxygen atoms in total. The number of rotatable bonds is 3. The van der Waals surface area contributed by atoms with Crippen LogP contribution in [0.4, 0.5) is 4.79 Å². The Morgan fingerprint density at radius 3 is 2.73 bits per heavy atom. The molecule has 0 spiro atoms. The smallest absolute Gasteiger partial charge is 0.269 e. The van der Waals surface area contributed by atoms with Crippen molar-refractivity contribution in [2.45, 2.75) is 6.42 Å². The Morgan fingerprint density at radius 1 is 1.40 bits per heavy atom. The summed E-state index contributed by atoms with van der Waals surface area (Å²) in [5, 5.41) is 4.57. The quantitative estimate of drug-likeness (QED) is 0.569. The summed E-state index contributed by atoms with van der Waals surface area (Å²) in [6.45, 7) is 0.184. The van der Waals surface area contributed by atoms with Crippen LogP contribution in [0.2, 0.25) is 0 Å². The van der Waals surface area contributed by atoms with E-state index in [0.29, 0.717) is 6.42 Å². The molecule has 0 atom stereocenters. The van der Waals surface area contributed by atoms with Gasteiger partial charge in [-0.05, 0) is 0 Å². The van der Waals surface area contributed by atoms with Gasteiger partial charge in [0.15, 0.2) is 0 Å². The lowest BCUT2D eigenvalue weighted by Crippen LogP contribution is -2.32. The number of imide groups is 2. The van der Waals surface area contributed by atoms with Crippen LogP contribution in [0.5, 0.6) is 0 Å². The zero-order chi connectivity index (χ0) is 10.8. The molecule has 4 amide bonds. The lowest BCUT2D eigenvalue weighted by atomic mass is 10.4. The van der Waals surface area contributed by atoms with Crippen LogP contribution < -0.4 is 5.32 Å². The second-order valence-electron chi connectivity index (χ2n) is 2.89. The number of carbonyl (C=O) groups is 3. The molecule has 1 fully saturated rings. The topological polar surface area (TPSA) is 79.4 Å². The summed E-state index contributed by atoms with van der Waals surface area (Å²) in [6.07, 6.45) is 2.13. The highest BCUT2D eigenvalue weighted by Gasteiger charge is 2.36. The average molecular weight is 225 g/mol. The van der Waals surface area contributed by atoms with Crippen LogP contribution in [0.15, 0.2) is 11.6 Å². The molecule has 15 heavy (non-hydrogen) atoms. The Balaban J connectivity index is 1.98. The van der Waals surface area contributed by atoms with Crippen LogP contribution in [0, 0.1) is 0 Å². The Kier molecular flexibility index (Phi) is 2.46. The third-order valence-electron chi connectivity index (χ3n) is 1.94. The van der Waals surface area contributed by atoms with Crippen LogP contribution in [0.25, 0.3) is 0 Å². The third kappa shape index (κ3) is 1.86. The fourth-order valence-electron chi connectivity index (χ4n) is 1.22. The van der Waals surface area contributed by atoms with E-state index in [0.717, 1.165) is 9.91 Å². The first-order chi connectivity index (χ1) is 7.18. The predicted octanol–water partition coefficient (Wildman–Crippen LogP) is -0.236. The van der Waals surface area contributed by atoms with Crippen molar-refractivity contribution in [3.05, 3.63) is 16.6 Å². The summed E-state index contributed by atoms with van der Waals surface area (Å²) in [6, 6.07) is -0.651. The summed E-state index contributed by atoms with van der Waals surface area (Å²) in [4.78, 5) is 38.0. The maximum atomic E-state index is 11.2. The van der Waals surface area contributed by atoms with Crippen molar-refractivity contribution < 1.29 is 14.4 Å². The van der Waals surface area contributed by atoms with Crippen LogP contribution >= 0.6 is 11.3 Å². The Labute approximate surface area is 88.9 Å². The summed E-state index contributed by atoms with van der Waals surface area (Å²) in [5.74, 6) is -1.66. The second kappa shape index (κ2) is 3.77. The van der Waals surface area contributed by atoms with Gasteiger partial charge in [0, 0.05) is 24.5 Å². The molecule has 0 saturated carbocycles. The van der Waals surface area contributed by atoms with E-state index in [9.17, 15) is 14.4 Å². The van der Waals surface area contributed by atoms with Gasteiger partial charge in [0.25, 0.3) is 0 Å². The molecule has 0 bridgehead atoms. The Bertz CT molecular complexity index is 415. The molecular weight excluding hydrogens is 218 g/mol. The molecule has 1 aliphatic heterocycles. The molecular formula is C8H7N3O3S. The van der Waals surface area contributed by atoms with Crippen molar-refractivity contribution in [1.29, 1.82) is 0 Å². The standard InChI is InChI=1S/C8H7N3O3S/c12-6-7(13)11(8(14)10-6)3-1-5-9-2-4-15-5/h2,4H,1,3H2,(H,10,12,14). The number of urea groups is 1. The van der Waals surface area contributed by atoms with E-state index in [-0.39, 0.29) is 6.54 Å². The summed E-state index contributed by atoms with van der Waals surface area (Å²) in [5.41, 5.74) is 0. The number of aromatic nitrogens is 1. The van der Waals surface area contributed by atoms with Crippen molar-refractivity contribution in [2.75, 3.05) is 6.54 Å². The molecule has 78 valence electrons. The highest BCUT2D eigenvalue weighted by molar-refractivity contribution is 7.09. The first kappa shape index (κ1) is 9.78. The normalized spacial score (nSPS) is 16.0. The number of hydrogen-bond acceptors (Lipinski definition) is 5. The molecule has 0 radical (unpaired) electrons. The minimum atomic E-state index is -0.862. The van der Waals surface area contributed by atoms with Gasteiger partial charge in [0.1, 0.15) is 0 Å². The number of carbonyl (C=O) groups excluding carboxylic acids is 3. The Hall–Kier alpha value is -1.76. The van der Waals surface area contributed by atoms with E-state index in [1.54, 1.807) is 6.20 Å². The van der Waals surface area contributed by atoms with E-state index in [1.165, 1.54) is 11.3 Å². The van der Waals surface area contributed by atoms with Crippen molar-refractivity contribution in [3.8, 4) is 0 Å². The summed E-state index contributed by atoms with van der Waals surface area (Å²) < 4.78 is 0. The highest BCUT2D eigenvalue weighted by atomic mass is 32.1. The maximum absolute atomic E-state index is 11.2. The first-order valence-corrected chi connectivity index (χ1v) is 5.11. The molecule has 7 heteroatoms. The van der Waals surface area contributed by atoms with Gasteiger partial charge in [-0.1, -0.05) is 0 Å². The van der Waals surface area contributed by atoms with Gasteiger partial charge in [-0.3, -0.25) is 19.8 Å². The number of nitrogens with one attached hydrogen (secondary N) is 1. The predicted molar refractivity (Wildman–Crippen MR) is 51.1 cm³/mol. The number of amides is 4. The van der Waals surface area contributed by atoms with E-state index < -0.39 is 17.8 Å². The number of nitrogens with zero attached hydrogens (tertiary/aromatic N) is 2. The molecule has 2 heterocycles. The molecule has 0 aromatic carbocycles. The van der Waals surface area contributed by atoms with E-state index in [1.807, 2.05) is 10.7 Å². The van der Waals surface area contributed by atoms with Crippen LogP contribution in [-0.4, -0.2) is 34.3 Å². The van der Waals surface area contributed by atoms with Crippen molar-refractivity contribution >= 4 is 29.2 Å². The number of hydrogen-bond donors (Lipinski definition) is 1. The highest BCUT2D eigenvalue weighted by Crippen LogP contribution is 2.07. The van der Waals surface area contributed by atoms with Gasteiger partial charge < -0.3 is 0 Å². The van der Waals surface area contributed by atoms with Crippen molar-refractivity contribution in [1.82, 2.24) is 15.2 Å². The zero-order valence-corrected chi connectivity index (χ0v) is 8.41. The van der Waals surface area contributed by atoms with E-state index in [2.05, 4.69) is 4.98 Å². The lowest BCUT2D eigenvalue weighted by molar-refractivity contribution is -0.140. The van der Waals surface area contributed by atoms with Gasteiger partial charge in [-0.25, -0.2) is 9.78 Å². The van der Waals surface area contributed by atoms with Crippen LogP contribution in [0.1, 0.15) is 5.01 Å². The Morgan fingerprint density at radius 2 is 2.20 bits per heavy atom. The van der Waals surface area contributed by atoms with Crippen LogP contribution in [0.3, 0.4) is 0 Å². The monoisotopic (exact) mass is 225 g/mol. The van der Waals surface area contributed by atoms with Gasteiger partial charge in [-0.15, -0.1) is 11.3 Å². The summed E-state index contributed by atoms with van der Waals surface area (Å²) in [7, 11) is 0. The second-order valence-corrected chi connectivity index (χ2v) is 3.87. The van der Waals surface area contributed by atoms with E-state index in [4.69, 9.17) is 0 Å². The molecule has 0 aliphatic carbocycles. The zero-order valence-electron chi connectivity index (χ0n) is 7.60. The van der Waals surface area contributed by atoms with E-state index >= 15 is 0 Å². The van der Waals surface area contributed by atoms with Gasteiger partial charge in [0.05, 0.1) is 5.01 Å². The third-order valence-corrected chi connectivity index (χ3v) is 2.78. The lowest BCUT2D eigenvalue weighted by Gasteiger charge is -2.08. The fourth-order valence-corrected chi connectivity index (χ4v) is 1.83. The maximum Gasteiger partial charge on any atom is 0.331 e. The minimum Gasteiger partial charge on any atom is -0.269 e. The number of thiazole rings is 1. The average Bonchev–Trinajstić information content (AvgIpc) is 2.76. The van der Waals surface area contributed by atoms with Gasteiger partial charge in [-0.2, -0.15) is 0 Å². The molecule has 0 unspecified atom stereocenters. The summed E-state index contributed by atoms with van der Waals surface area (Å²) >= 11 is 1.44. The fraction of sp³-hybridized carbons (Fsp3) is 0.250. The molecule has 1 aromatic heterocycles. The molecule has 2 rings (SSSR count). The molecule has 1 saturated heterocycles. The van der Waals surface area contributed by atoms with Gasteiger partial charge in [0.2, 0.25) is 0 Å². The largest absolute Gasteiger partial charge is 0.331 e. The van der Waals surface area contributed by atoms with Gasteiger partial charge >= 0.3 is 17.8 Å². The van der Waals surface area contributed by atoms with Crippen LogP contribution in [-0.2, 0) is 16.0 Å².